The molecule has 0 amide bonds. The largest absolute Gasteiger partial charge is 0.380 e. The standard InChI is InChI=1S/C11H20BrNO2/c12-4-8-15-11-1-5-13(6-2-11)10-3-7-14-9-10/h10-11H,1-9H2. The van der Waals surface area contributed by atoms with E-state index >= 15 is 0 Å². The molecule has 2 saturated heterocycles. The predicted molar refractivity (Wildman–Crippen MR) is 63.6 cm³/mol. The number of nitrogens with zero attached hydrogens (tertiary/aromatic N) is 1. The molecule has 2 heterocycles. The molecule has 0 aromatic carbocycles. The lowest BCUT2D eigenvalue weighted by atomic mass is 10.1. The van der Waals surface area contributed by atoms with Crippen molar-refractivity contribution in [3.63, 3.8) is 0 Å². The van der Waals surface area contributed by atoms with Crippen LogP contribution in [-0.2, 0) is 9.47 Å². The normalized spacial score (nSPS) is 29.8. The summed E-state index contributed by atoms with van der Waals surface area (Å²) in [6, 6.07) is 0.683. The van der Waals surface area contributed by atoms with E-state index in [4.69, 9.17) is 9.47 Å². The maximum Gasteiger partial charge on any atom is 0.0622 e. The van der Waals surface area contributed by atoms with Gasteiger partial charge in [-0.3, -0.25) is 4.90 Å². The summed E-state index contributed by atoms with van der Waals surface area (Å²) in [7, 11) is 0. The minimum atomic E-state index is 0.487. The first-order valence-corrected chi connectivity index (χ1v) is 7.01. The molecule has 0 aliphatic carbocycles. The zero-order valence-corrected chi connectivity index (χ0v) is 10.7. The van der Waals surface area contributed by atoms with Crippen molar-refractivity contribution in [3.8, 4) is 0 Å². The number of hydrogen-bond acceptors (Lipinski definition) is 3. The summed E-state index contributed by atoms with van der Waals surface area (Å²) < 4.78 is 11.2. The van der Waals surface area contributed by atoms with Crippen molar-refractivity contribution >= 4 is 15.9 Å². The molecule has 0 aromatic rings. The smallest absolute Gasteiger partial charge is 0.0622 e. The molecule has 15 heavy (non-hydrogen) atoms. The summed E-state index contributed by atoms with van der Waals surface area (Å²) in [5, 5.41) is 0.948. The highest BCUT2D eigenvalue weighted by atomic mass is 79.9. The molecule has 0 bridgehead atoms. The van der Waals surface area contributed by atoms with Gasteiger partial charge in [-0.2, -0.15) is 0 Å². The van der Waals surface area contributed by atoms with Gasteiger partial charge in [0.1, 0.15) is 0 Å². The quantitative estimate of drug-likeness (QED) is 0.730. The van der Waals surface area contributed by atoms with Crippen molar-refractivity contribution in [2.24, 2.45) is 0 Å². The number of piperidine rings is 1. The lowest BCUT2D eigenvalue weighted by Gasteiger charge is -2.35. The summed E-state index contributed by atoms with van der Waals surface area (Å²) in [6.45, 7) is 5.09. The summed E-state index contributed by atoms with van der Waals surface area (Å²) in [4.78, 5) is 2.57. The van der Waals surface area contributed by atoms with E-state index in [9.17, 15) is 0 Å². The monoisotopic (exact) mass is 277 g/mol. The highest BCUT2D eigenvalue weighted by Crippen LogP contribution is 2.20. The van der Waals surface area contributed by atoms with Gasteiger partial charge in [0.05, 0.1) is 19.3 Å². The first-order chi connectivity index (χ1) is 7.40. The molecule has 1 atom stereocenters. The molecule has 2 rings (SSSR count). The van der Waals surface area contributed by atoms with Crippen LogP contribution in [0.2, 0.25) is 0 Å². The van der Waals surface area contributed by atoms with E-state index in [-0.39, 0.29) is 0 Å². The number of hydrogen-bond donors (Lipinski definition) is 0. The van der Waals surface area contributed by atoms with Gasteiger partial charge in [-0.05, 0) is 19.3 Å². The van der Waals surface area contributed by atoms with Crippen molar-refractivity contribution in [2.75, 3.05) is 38.2 Å². The van der Waals surface area contributed by atoms with Gasteiger partial charge in [0.25, 0.3) is 0 Å². The van der Waals surface area contributed by atoms with Crippen molar-refractivity contribution in [3.05, 3.63) is 0 Å². The zero-order valence-electron chi connectivity index (χ0n) is 9.16. The van der Waals surface area contributed by atoms with E-state index in [1.54, 1.807) is 0 Å². The fraction of sp³-hybridized carbons (Fsp3) is 1.00. The second kappa shape index (κ2) is 6.18. The third-order valence-electron chi connectivity index (χ3n) is 3.33. The van der Waals surface area contributed by atoms with Crippen LogP contribution in [0.1, 0.15) is 19.3 Å². The number of likely N-dealkylation sites (tertiary alicyclic amines) is 1. The Hall–Kier alpha value is 0.360. The number of alkyl halides is 1. The first-order valence-electron chi connectivity index (χ1n) is 5.89. The van der Waals surface area contributed by atoms with Crippen LogP contribution in [0.25, 0.3) is 0 Å². The Morgan fingerprint density at radius 2 is 2.07 bits per heavy atom. The minimum absolute atomic E-state index is 0.487. The fourth-order valence-corrected chi connectivity index (χ4v) is 2.62. The summed E-state index contributed by atoms with van der Waals surface area (Å²) in [5.74, 6) is 0. The summed E-state index contributed by atoms with van der Waals surface area (Å²) in [6.07, 6.45) is 4.07. The van der Waals surface area contributed by atoms with Gasteiger partial charge in [0.15, 0.2) is 0 Å². The molecular formula is C11H20BrNO2. The lowest BCUT2D eigenvalue weighted by molar-refractivity contribution is 0.00422. The minimum Gasteiger partial charge on any atom is -0.380 e. The molecule has 4 heteroatoms. The molecule has 0 spiro atoms. The molecular weight excluding hydrogens is 258 g/mol. The van der Waals surface area contributed by atoms with Gasteiger partial charge in [-0.25, -0.2) is 0 Å². The van der Waals surface area contributed by atoms with Gasteiger partial charge in [-0.1, -0.05) is 15.9 Å². The molecule has 0 radical (unpaired) electrons. The van der Waals surface area contributed by atoms with Crippen molar-refractivity contribution < 1.29 is 9.47 Å². The Labute approximate surface area is 100 Å². The predicted octanol–water partition coefficient (Wildman–Crippen LogP) is 1.65. The molecule has 0 saturated carbocycles. The van der Waals surface area contributed by atoms with Gasteiger partial charge >= 0.3 is 0 Å². The van der Waals surface area contributed by atoms with Crippen molar-refractivity contribution in [1.29, 1.82) is 0 Å². The van der Waals surface area contributed by atoms with E-state index in [1.165, 1.54) is 32.4 Å². The van der Waals surface area contributed by atoms with Gasteiger partial charge < -0.3 is 9.47 Å². The molecule has 3 nitrogen and oxygen atoms in total. The van der Waals surface area contributed by atoms with E-state index in [1.807, 2.05) is 0 Å². The molecule has 0 aromatic heterocycles. The fourth-order valence-electron chi connectivity index (χ4n) is 2.43. The molecule has 88 valence electrons. The Morgan fingerprint density at radius 1 is 1.27 bits per heavy atom. The Kier molecular flexibility index (Phi) is 4.88. The van der Waals surface area contributed by atoms with Gasteiger partial charge in [0.2, 0.25) is 0 Å². The van der Waals surface area contributed by atoms with Crippen LogP contribution in [0.4, 0.5) is 0 Å². The Morgan fingerprint density at radius 3 is 2.67 bits per heavy atom. The first kappa shape index (κ1) is 11.8. The third-order valence-corrected chi connectivity index (χ3v) is 3.65. The second-order valence-electron chi connectivity index (χ2n) is 4.31. The zero-order chi connectivity index (χ0) is 10.5. The van der Waals surface area contributed by atoms with Gasteiger partial charge in [-0.15, -0.1) is 0 Å². The van der Waals surface area contributed by atoms with E-state index in [0.29, 0.717) is 12.1 Å². The van der Waals surface area contributed by atoms with Crippen LogP contribution < -0.4 is 0 Å². The Balaban J connectivity index is 1.67. The maximum atomic E-state index is 5.74. The van der Waals surface area contributed by atoms with E-state index in [0.717, 1.165) is 25.2 Å². The Bertz CT molecular complexity index is 177. The highest BCUT2D eigenvalue weighted by Gasteiger charge is 2.27. The molecule has 0 N–H and O–H groups in total. The number of halogens is 1. The van der Waals surface area contributed by atoms with Crippen LogP contribution in [0.3, 0.4) is 0 Å². The maximum absolute atomic E-state index is 5.74. The SMILES string of the molecule is BrCCOC1CCN(C2CCOC2)CC1. The van der Waals surface area contributed by atoms with Gasteiger partial charge in [0, 0.05) is 31.1 Å². The van der Waals surface area contributed by atoms with E-state index < -0.39 is 0 Å². The van der Waals surface area contributed by atoms with Crippen LogP contribution in [0, 0.1) is 0 Å². The molecule has 2 aliphatic rings. The van der Waals surface area contributed by atoms with Crippen LogP contribution >= 0.6 is 15.9 Å². The van der Waals surface area contributed by atoms with Crippen molar-refractivity contribution in [2.45, 2.75) is 31.4 Å². The number of ether oxygens (including phenoxy) is 2. The molecule has 1 unspecified atom stereocenters. The van der Waals surface area contributed by atoms with Crippen molar-refractivity contribution in [1.82, 2.24) is 4.90 Å². The van der Waals surface area contributed by atoms with Crippen LogP contribution in [-0.4, -0.2) is 55.3 Å². The average Bonchev–Trinajstić information content (AvgIpc) is 2.80. The second-order valence-corrected chi connectivity index (χ2v) is 5.11. The molecule has 2 aliphatic heterocycles. The highest BCUT2D eigenvalue weighted by molar-refractivity contribution is 9.09. The summed E-state index contributed by atoms with van der Waals surface area (Å²) >= 11 is 3.39. The third kappa shape index (κ3) is 3.41. The van der Waals surface area contributed by atoms with Crippen LogP contribution in [0.15, 0.2) is 0 Å². The summed E-state index contributed by atoms with van der Waals surface area (Å²) in [5.41, 5.74) is 0. The van der Waals surface area contributed by atoms with Crippen LogP contribution in [0.5, 0.6) is 0 Å². The topological polar surface area (TPSA) is 21.7 Å². The molecule has 2 fully saturated rings. The van der Waals surface area contributed by atoms with E-state index in [2.05, 4.69) is 20.8 Å². The lowest BCUT2D eigenvalue weighted by Crippen LogP contribution is -2.43. The number of rotatable bonds is 4. The average molecular weight is 278 g/mol.